The Balaban J connectivity index is 2.14. The predicted octanol–water partition coefficient (Wildman–Crippen LogP) is 14.5. The summed E-state index contributed by atoms with van der Waals surface area (Å²) in [6, 6.07) is 0. The van der Waals surface area contributed by atoms with Gasteiger partial charge in [0.2, 0.25) is 0 Å². The first-order valence-corrected chi connectivity index (χ1v) is 28.4. The van der Waals surface area contributed by atoms with E-state index in [9.17, 15) is 25.2 Å². The zero-order chi connectivity index (χ0) is 47.8. The van der Waals surface area contributed by atoms with Crippen LogP contribution in [0.5, 0.6) is 0 Å². The van der Waals surface area contributed by atoms with Crippen molar-refractivity contribution in [1.29, 1.82) is 0 Å². The fraction of sp³-hybridized carbons (Fsp3) is 0.912. The monoisotopic (exact) mass is 937 g/mol. The van der Waals surface area contributed by atoms with Crippen molar-refractivity contribution in [3.05, 3.63) is 24.3 Å². The zero-order valence-electron chi connectivity index (χ0n) is 43.2. The summed E-state index contributed by atoms with van der Waals surface area (Å²) in [7, 11) is 0. The van der Waals surface area contributed by atoms with E-state index < -0.39 is 43.4 Å². The number of carbonyl (C=O) groups excluding carboxylic acids is 1. The van der Waals surface area contributed by atoms with Crippen LogP contribution < -0.4 is 0 Å². The molecule has 1 rings (SSSR count). The summed E-state index contributed by atoms with van der Waals surface area (Å²) in [5.41, 5.74) is 0. The number of aliphatic hydroxyl groups is 4. The van der Waals surface area contributed by atoms with Crippen LogP contribution in [0.3, 0.4) is 0 Å². The molecular weight excluding hydrogens is 829 g/mol. The van der Waals surface area contributed by atoms with Crippen molar-refractivity contribution in [2.45, 2.75) is 307 Å². The van der Waals surface area contributed by atoms with Crippen LogP contribution >= 0.6 is 0 Å². The smallest absolute Gasteiger partial charge is 0.306 e. The molecule has 0 aliphatic carbocycles. The minimum absolute atomic E-state index is 0.108. The molecule has 4 N–H and O–H groups in total. The second-order valence-corrected chi connectivity index (χ2v) is 19.7. The largest absolute Gasteiger partial charge is 0.457 e. The highest BCUT2D eigenvalue weighted by Gasteiger charge is 2.44. The van der Waals surface area contributed by atoms with Gasteiger partial charge in [-0.25, -0.2) is 0 Å². The molecule has 0 radical (unpaired) electrons. The Morgan fingerprint density at radius 3 is 1.30 bits per heavy atom. The van der Waals surface area contributed by atoms with Crippen molar-refractivity contribution < 1.29 is 44.2 Å². The Hall–Kier alpha value is -1.33. The Bertz CT molecular complexity index is 1070. The lowest BCUT2D eigenvalue weighted by Gasteiger charge is -2.39. The number of unbranched alkanes of at least 4 members (excludes halogenated alkanes) is 35. The summed E-state index contributed by atoms with van der Waals surface area (Å²) in [6.07, 6.45) is 52.2. The SMILES string of the molecule is CCCCCCC/C=C\C/C=C\CCCCCCCCCCCCCCCC(=O)OC(COCCCCCCCCCCCCCCCCCCCC)COC1OC(CO)C(O)C(O)C1O. The second kappa shape index (κ2) is 48.7. The normalized spacial score (nSPS) is 19.4. The molecule has 9 nitrogen and oxygen atoms in total. The summed E-state index contributed by atoms with van der Waals surface area (Å²) in [4.78, 5) is 12.9. The van der Waals surface area contributed by atoms with Crippen molar-refractivity contribution in [3.63, 3.8) is 0 Å². The van der Waals surface area contributed by atoms with E-state index in [0.29, 0.717) is 13.0 Å². The third kappa shape index (κ3) is 38.5. The molecule has 0 saturated carbocycles. The number of hydrogen-bond acceptors (Lipinski definition) is 9. The molecule has 6 unspecified atom stereocenters. The average Bonchev–Trinajstić information content (AvgIpc) is 3.32. The molecular formula is C57H108O9. The minimum Gasteiger partial charge on any atom is -0.457 e. The standard InChI is InChI=1S/C57H108O9/c1-3-5-7-9-11-13-15-17-19-21-23-24-25-26-27-28-29-30-32-34-36-38-40-42-44-46-53(59)65-51(50-64-57-56(62)55(61)54(60)52(48-58)66-57)49-63-47-45-43-41-39-37-35-33-31-22-20-18-16-14-12-10-8-6-4-2/h15,17,21,23,51-52,54-58,60-62H,3-14,16,18-20,22,24-50H2,1-2H3/b17-15-,23-21-. The van der Waals surface area contributed by atoms with Crippen LogP contribution in [0.25, 0.3) is 0 Å². The molecule has 0 spiro atoms. The first-order chi connectivity index (χ1) is 32.4. The van der Waals surface area contributed by atoms with Crippen molar-refractivity contribution in [2.24, 2.45) is 0 Å². The van der Waals surface area contributed by atoms with Crippen LogP contribution in [0.15, 0.2) is 24.3 Å². The minimum atomic E-state index is -1.53. The summed E-state index contributed by atoms with van der Waals surface area (Å²) in [5.74, 6) is -0.308. The Kier molecular flexibility index (Phi) is 46.2. The van der Waals surface area contributed by atoms with Gasteiger partial charge in [-0.2, -0.15) is 0 Å². The van der Waals surface area contributed by atoms with Crippen LogP contribution in [-0.2, 0) is 23.7 Å². The molecule has 66 heavy (non-hydrogen) atoms. The van der Waals surface area contributed by atoms with Gasteiger partial charge in [-0.3, -0.25) is 4.79 Å². The molecule has 0 aromatic heterocycles. The summed E-state index contributed by atoms with van der Waals surface area (Å²) < 4.78 is 23.0. The van der Waals surface area contributed by atoms with E-state index in [1.807, 2.05) is 0 Å². The molecule has 6 atom stereocenters. The van der Waals surface area contributed by atoms with Gasteiger partial charge in [-0.05, 0) is 44.9 Å². The molecule has 1 saturated heterocycles. The van der Waals surface area contributed by atoms with Crippen molar-refractivity contribution in [3.8, 4) is 0 Å². The number of aliphatic hydroxyl groups excluding tert-OH is 4. The summed E-state index contributed by atoms with van der Waals surface area (Å²) in [6.45, 7) is 4.61. The first-order valence-electron chi connectivity index (χ1n) is 28.4. The first kappa shape index (κ1) is 62.7. The van der Waals surface area contributed by atoms with E-state index in [4.69, 9.17) is 18.9 Å². The van der Waals surface area contributed by atoms with Crippen LogP contribution in [-0.4, -0.2) is 89.6 Å². The van der Waals surface area contributed by atoms with E-state index in [2.05, 4.69) is 38.2 Å². The zero-order valence-corrected chi connectivity index (χ0v) is 43.2. The van der Waals surface area contributed by atoms with Crippen LogP contribution in [0, 0.1) is 0 Å². The van der Waals surface area contributed by atoms with Gasteiger partial charge in [0, 0.05) is 13.0 Å². The van der Waals surface area contributed by atoms with E-state index in [0.717, 1.165) is 38.5 Å². The number of carbonyl (C=O) groups is 1. The third-order valence-corrected chi connectivity index (χ3v) is 13.4. The second-order valence-electron chi connectivity index (χ2n) is 19.7. The highest BCUT2D eigenvalue weighted by molar-refractivity contribution is 5.69. The van der Waals surface area contributed by atoms with E-state index in [1.54, 1.807) is 0 Å². The number of esters is 1. The molecule has 1 aliphatic rings. The van der Waals surface area contributed by atoms with Crippen LogP contribution in [0.4, 0.5) is 0 Å². The number of rotatable bonds is 50. The molecule has 1 fully saturated rings. The van der Waals surface area contributed by atoms with Gasteiger partial charge in [0.25, 0.3) is 0 Å². The predicted molar refractivity (Wildman–Crippen MR) is 275 cm³/mol. The van der Waals surface area contributed by atoms with Gasteiger partial charge in [0.05, 0.1) is 19.8 Å². The van der Waals surface area contributed by atoms with Gasteiger partial charge in [-0.15, -0.1) is 0 Å². The topological polar surface area (TPSA) is 135 Å². The summed E-state index contributed by atoms with van der Waals surface area (Å²) in [5, 5.41) is 40.3. The lowest BCUT2D eigenvalue weighted by molar-refractivity contribution is -0.305. The van der Waals surface area contributed by atoms with Crippen LogP contribution in [0.2, 0.25) is 0 Å². The van der Waals surface area contributed by atoms with Gasteiger partial charge in [-0.1, -0.05) is 244 Å². The quantitative estimate of drug-likeness (QED) is 0.0267. The Morgan fingerprint density at radius 1 is 0.485 bits per heavy atom. The fourth-order valence-corrected chi connectivity index (χ4v) is 8.94. The average molecular weight is 937 g/mol. The number of ether oxygens (including phenoxy) is 4. The summed E-state index contributed by atoms with van der Waals surface area (Å²) >= 11 is 0. The molecule has 0 bridgehead atoms. The van der Waals surface area contributed by atoms with Crippen molar-refractivity contribution >= 4 is 5.97 Å². The molecule has 9 heteroatoms. The maximum absolute atomic E-state index is 12.9. The lowest BCUT2D eigenvalue weighted by atomic mass is 9.99. The van der Waals surface area contributed by atoms with Crippen LogP contribution in [0.1, 0.15) is 271 Å². The van der Waals surface area contributed by atoms with Gasteiger partial charge < -0.3 is 39.4 Å². The molecule has 1 aliphatic heterocycles. The number of hydrogen-bond donors (Lipinski definition) is 4. The third-order valence-electron chi connectivity index (χ3n) is 13.4. The van der Waals surface area contributed by atoms with Gasteiger partial charge in [0.15, 0.2) is 6.29 Å². The van der Waals surface area contributed by atoms with E-state index in [1.165, 1.54) is 212 Å². The fourth-order valence-electron chi connectivity index (χ4n) is 8.94. The van der Waals surface area contributed by atoms with Gasteiger partial charge in [0.1, 0.15) is 30.5 Å². The molecule has 0 amide bonds. The number of allylic oxidation sites excluding steroid dienone is 4. The van der Waals surface area contributed by atoms with Gasteiger partial charge >= 0.3 is 5.97 Å². The van der Waals surface area contributed by atoms with Crippen molar-refractivity contribution in [2.75, 3.05) is 26.4 Å². The van der Waals surface area contributed by atoms with Crippen molar-refractivity contribution in [1.82, 2.24) is 0 Å². The lowest BCUT2D eigenvalue weighted by Crippen LogP contribution is -2.59. The van der Waals surface area contributed by atoms with E-state index in [-0.39, 0.29) is 19.2 Å². The highest BCUT2D eigenvalue weighted by Crippen LogP contribution is 2.23. The molecule has 390 valence electrons. The molecule has 1 heterocycles. The Morgan fingerprint density at radius 2 is 0.879 bits per heavy atom. The van der Waals surface area contributed by atoms with E-state index >= 15 is 0 Å². The molecule has 0 aromatic carbocycles. The maximum Gasteiger partial charge on any atom is 0.306 e. The Labute approximate surface area is 407 Å². The maximum atomic E-state index is 12.9. The molecule has 0 aromatic rings. The highest BCUT2D eigenvalue weighted by atomic mass is 16.7.